The number of fused-ring (bicyclic) bond motifs is 1. The molecule has 3 rings (SSSR count). The number of halogens is 2. The highest BCUT2D eigenvalue weighted by atomic mass is 35.5. The number of hydrogen-bond donors (Lipinski definition) is 3. The molecule has 0 radical (unpaired) electrons. The summed E-state index contributed by atoms with van der Waals surface area (Å²) in [6.07, 6.45) is 0.562. The van der Waals surface area contributed by atoms with Gasteiger partial charge in [0.2, 0.25) is 12.3 Å². The van der Waals surface area contributed by atoms with Crippen LogP contribution in [-0.4, -0.2) is 38.8 Å². The number of nitrogens with zero attached hydrogens (tertiary/aromatic N) is 1. The number of aromatic amines is 1. The van der Waals surface area contributed by atoms with Gasteiger partial charge in [0.1, 0.15) is 11.7 Å². The lowest BCUT2D eigenvalue weighted by Gasteiger charge is -2.35. The van der Waals surface area contributed by atoms with Crippen LogP contribution in [0.5, 0.6) is 0 Å². The summed E-state index contributed by atoms with van der Waals surface area (Å²) in [5.74, 6) is -1.76. The van der Waals surface area contributed by atoms with Gasteiger partial charge in [-0.25, -0.2) is 4.79 Å². The van der Waals surface area contributed by atoms with E-state index in [9.17, 15) is 19.5 Å². The van der Waals surface area contributed by atoms with Crippen molar-refractivity contribution >= 4 is 52.4 Å². The second kappa shape index (κ2) is 9.45. The van der Waals surface area contributed by atoms with Gasteiger partial charge in [-0.15, -0.1) is 0 Å². The van der Waals surface area contributed by atoms with Crippen LogP contribution >= 0.6 is 23.2 Å². The van der Waals surface area contributed by atoms with E-state index in [0.717, 1.165) is 5.56 Å². The maximum absolute atomic E-state index is 13.6. The van der Waals surface area contributed by atoms with E-state index >= 15 is 0 Å². The van der Waals surface area contributed by atoms with E-state index in [0.29, 0.717) is 27.4 Å². The zero-order valence-electron chi connectivity index (χ0n) is 18.6. The molecular formula is C24H25Cl2N3O4. The van der Waals surface area contributed by atoms with E-state index in [4.69, 9.17) is 23.2 Å². The Labute approximate surface area is 201 Å². The molecule has 0 spiro atoms. The molecule has 1 aromatic heterocycles. The average Bonchev–Trinajstić information content (AvgIpc) is 3.09. The quantitative estimate of drug-likeness (QED) is 0.389. The molecule has 9 heteroatoms. The SMILES string of the molecule is C[C@H](c1ccc(Cl)cc1)N(C=O)C(C(=O)NC(C)(C)C)c1c(C(=O)O)[nH]c2cc(Cl)ccc12. The number of carboxylic acid groups (broad SMARTS) is 1. The third-order valence-corrected chi connectivity index (χ3v) is 5.74. The fourth-order valence-corrected chi connectivity index (χ4v) is 4.08. The minimum atomic E-state index is -1.25. The van der Waals surface area contributed by atoms with Gasteiger partial charge in [-0.05, 0) is 57.5 Å². The zero-order chi connectivity index (χ0) is 24.5. The van der Waals surface area contributed by atoms with Crippen molar-refractivity contribution in [1.29, 1.82) is 0 Å². The van der Waals surface area contributed by atoms with Crippen molar-refractivity contribution in [2.24, 2.45) is 0 Å². The maximum Gasteiger partial charge on any atom is 0.352 e. The standard InChI is InChI=1S/C24H25Cl2N3O4/c1-13(14-5-7-15(25)8-6-14)29(12-30)21(22(31)28-24(2,3)4)19-17-10-9-16(26)11-18(17)27-20(19)23(32)33/h5-13,21,27H,1-4H3,(H,28,31)(H,32,33)/t13-,21?/m1/s1. The first-order valence-corrected chi connectivity index (χ1v) is 11.0. The predicted octanol–water partition coefficient (Wildman–Crippen LogP) is 5.35. The van der Waals surface area contributed by atoms with Crippen molar-refractivity contribution in [3.63, 3.8) is 0 Å². The molecule has 1 heterocycles. The minimum absolute atomic E-state index is 0.184. The number of aromatic carboxylic acids is 1. The molecule has 0 saturated heterocycles. The summed E-state index contributed by atoms with van der Waals surface area (Å²) in [6.45, 7) is 7.19. The number of carbonyl (C=O) groups excluding carboxylic acids is 2. The number of hydrogen-bond acceptors (Lipinski definition) is 3. The highest BCUT2D eigenvalue weighted by Crippen LogP contribution is 2.37. The van der Waals surface area contributed by atoms with Crippen molar-refractivity contribution < 1.29 is 19.5 Å². The van der Waals surface area contributed by atoms with Gasteiger partial charge in [0.25, 0.3) is 0 Å². The molecule has 2 aromatic carbocycles. The minimum Gasteiger partial charge on any atom is -0.477 e. The largest absolute Gasteiger partial charge is 0.477 e. The van der Waals surface area contributed by atoms with Crippen molar-refractivity contribution in [1.82, 2.24) is 15.2 Å². The summed E-state index contributed by atoms with van der Waals surface area (Å²) in [5.41, 5.74) is 0.570. The first-order valence-electron chi connectivity index (χ1n) is 10.3. The molecule has 0 aliphatic heterocycles. The smallest absolute Gasteiger partial charge is 0.352 e. The average molecular weight is 490 g/mol. The number of benzene rings is 2. The molecule has 3 aromatic rings. The van der Waals surface area contributed by atoms with Crippen molar-refractivity contribution in [3.8, 4) is 0 Å². The Balaban J connectivity index is 2.25. The number of carbonyl (C=O) groups is 3. The summed E-state index contributed by atoms with van der Waals surface area (Å²) >= 11 is 12.1. The Bertz CT molecular complexity index is 1200. The van der Waals surface area contributed by atoms with Gasteiger partial charge < -0.3 is 20.3 Å². The lowest BCUT2D eigenvalue weighted by atomic mass is 9.96. The molecule has 0 aliphatic rings. The molecule has 2 amide bonds. The van der Waals surface area contributed by atoms with Crippen LogP contribution in [0.3, 0.4) is 0 Å². The van der Waals surface area contributed by atoms with Crippen LogP contribution in [0.2, 0.25) is 10.0 Å². The number of H-pyrrole nitrogens is 1. The maximum atomic E-state index is 13.6. The first-order chi connectivity index (χ1) is 15.4. The van der Waals surface area contributed by atoms with Crippen LogP contribution in [0, 0.1) is 0 Å². The third-order valence-electron chi connectivity index (χ3n) is 5.25. The molecule has 0 saturated carbocycles. The highest BCUT2D eigenvalue weighted by Gasteiger charge is 2.37. The normalized spacial score (nSPS) is 13.4. The summed E-state index contributed by atoms with van der Waals surface area (Å²) in [7, 11) is 0. The Morgan fingerprint density at radius 3 is 2.24 bits per heavy atom. The Morgan fingerprint density at radius 2 is 1.70 bits per heavy atom. The van der Waals surface area contributed by atoms with E-state index in [-0.39, 0.29) is 11.3 Å². The van der Waals surface area contributed by atoms with E-state index in [2.05, 4.69) is 10.3 Å². The van der Waals surface area contributed by atoms with E-state index in [1.54, 1.807) is 49.4 Å². The van der Waals surface area contributed by atoms with Gasteiger partial charge in [-0.3, -0.25) is 9.59 Å². The molecule has 7 nitrogen and oxygen atoms in total. The van der Waals surface area contributed by atoms with Crippen molar-refractivity contribution in [2.45, 2.75) is 45.3 Å². The lowest BCUT2D eigenvalue weighted by molar-refractivity contribution is -0.136. The molecule has 2 atom stereocenters. The molecule has 0 bridgehead atoms. The third kappa shape index (κ3) is 5.31. The van der Waals surface area contributed by atoms with E-state index < -0.39 is 29.5 Å². The fourth-order valence-electron chi connectivity index (χ4n) is 3.79. The zero-order valence-corrected chi connectivity index (χ0v) is 20.2. The summed E-state index contributed by atoms with van der Waals surface area (Å²) in [6, 6.07) is 9.95. The summed E-state index contributed by atoms with van der Waals surface area (Å²) in [5, 5.41) is 14.2. The van der Waals surface area contributed by atoms with Crippen LogP contribution < -0.4 is 5.32 Å². The topological polar surface area (TPSA) is 102 Å². The van der Waals surface area contributed by atoms with Crippen LogP contribution in [0.1, 0.15) is 61.4 Å². The van der Waals surface area contributed by atoms with Crippen LogP contribution in [0.25, 0.3) is 10.9 Å². The van der Waals surface area contributed by atoms with Gasteiger partial charge in [0, 0.05) is 32.1 Å². The molecule has 33 heavy (non-hydrogen) atoms. The number of rotatable bonds is 7. The Kier molecular flexibility index (Phi) is 7.05. The number of carboxylic acids is 1. The fraction of sp³-hybridized carbons (Fsp3) is 0.292. The van der Waals surface area contributed by atoms with Crippen LogP contribution in [0.15, 0.2) is 42.5 Å². The molecule has 0 aliphatic carbocycles. The van der Waals surface area contributed by atoms with Gasteiger partial charge in [0.15, 0.2) is 0 Å². The second-order valence-electron chi connectivity index (χ2n) is 8.83. The van der Waals surface area contributed by atoms with Crippen molar-refractivity contribution in [2.75, 3.05) is 0 Å². The van der Waals surface area contributed by atoms with Gasteiger partial charge in [-0.1, -0.05) is 41.4 Å². The number of amides is 2. The molecule has 174 valence electrons. The first kappa shape index (κ1) is 24.6. The van der Waals surface area contributed by atoms with Crippen molar-refractivity contribution in [3.05, 3.63) is 69.3 Å². The monoisotopic (exact) mass is 489 g/mol. The van der Waals surface area contributed by atoms with Crippen LogP contribution in [0.4, 0.5) is 0 Å². The molecule has 3 N–H and O–H groups in total. The lowest BCUT2D eigenvalue weighted by Crippen LogP contribution is -2.48. The highest BCUT2D eigenvalue weighted by molar-refractivity contribution is 6.31. The predicted molar refractivity (Wildman–Crippen MR) is 129 cm³/mol. The number of nitrogens with one attached hydrogen (secondary N) is 2. The van der Waals surface area contributed by atoms with Gasteiger partial charge >= 0.3 is 5.97 Å². The van der Waals surface area contributed by atoms with Crippen LogP contribution in [-0.2, 0) is 9.59 Å². The van der Waals surface area contributed by atoms with Gasteiger partial charge in [-0.2, -0.15) is 0 Å². The molecule has 0 fully saturated rings. The second-order valence-corrected chi connectivity index (χ2v) is 9.70. The van der Waals surface area contributed by atoms with Gasteiger partial charge in [0.05, 0.1) is 6.04 Å². The molecule has 1 unspecified atom stereocenters. The Morgan fingerprint density at radius 1 is 1.09 bits per heavy atom. The summed E-state index contributed by atoms with van der Waals surface area (Å²) in [4.78, 5) is 42.3. The summed E-state index contributed by atoms with van der Waals surface area (Å²) < 4.78 is 0. The molecular weight excluding hydrogens is 465 g/mol. The Hall–Kier alpha value is -3.03. The van der Waals surface area contributed by atoms with E-state index in [1.165, 1.54) is 4.90 Å². The number of aromatic nitrogens is 1. The van der Waals surface area contributed by atoms with E-state index in [1.807, 2.05) is 20.8 Å².